The number of ether oxygens (including phenoxy) is 3. The fourth-order valence-corrected chi connectivity index (χ4v) is 5.86. The molecule has 0 aromatic heterocycles. The number of carbonyl (C=O) groups is 1. The summed E-state index contributed by atoms with van der Waals surface area (Å²) >= 11 is 0. The predicted molar refractivity (Wildman–Crippen MR) is 156 cm³/mol. The van der Waals surface area contributed by atoms with E-state index in [1.165, 1.54) is 36.8 Å². The third-order valence-corrected chi connectivity index (χ3v) is 9.44. The summed E-state index contributed by atoms with van der Waals surface area (Å²) in [5, 5.41) is 0. The first-order chi connectivity index (χ1) is 18.9. The first-order valence-electron chi connectivity index (χ1n) is 15.5. The summed E-state index contributed by atoms with van der Waals surface area (Å²) in [6.07, 6.45) is 11.1. The quantitative estimate of drug-likeness (QED) is 0.233. The van der Waals surface area contributed by atoms with Crippen LogP contribution in [0.15, 0.2) is 48.5 Å². The largest absolute Gasteiger partial charge is 0.493 e. The molecule has 0 radical (unpaired) electrons. The average Bonchev–Trinajstić information content (AvgIpc) is 3.89. The van der Waals surface area contributed by atoms with Gasteiger partial charge < -0.3 is 14.2 Å². The maximum atomic E-state index is 12.5. The molecule has 0 heterocycles. The molecule has 0 spiro atoms. The van der Waals surface area contributed by atoms with Gasteiger partial charge in [0.05, 0.1) is 12.7 Å². The molecule has 3 aliphatic carbocycles. The van der Waals surface area contributed by atoms with E-state index in [0.717, 1.165) is 68.7 Å². The zero-order valence-electron chi connectivity index (χ0n) is 24.3. The molecule has 5 rings (SSSR count). The van der Waals surface area contributed by atoms with Crippen LogP contribution in [0.5, 0.6) is 11.5 Å². The van der Waals surface area contributed by atoms with Crippen molar-refractivity contribution in [1.29, 1.82) is 0 Å². The van der Waals surface area contributed by atoms with Gasteiger partial charge in [-0.3, -0.25) is 4.79 Å². The Morgan fingerprint density at radius 3 is 2.10 bits per heavy atom. The molecule has 0 amide bonds. The summed E-state index contributed by atoms with van der Waals surface area (Å²) < 4.78 is 18.3. The summed E-state index contributed by atoms with van der Waals surface area (Å²) in [4.78, 5) is 12.5. The minimum absolute atomic E-state index is 0.159. The van der Waals surface area contributed by atoms with Crippen molar-refractivity contribution in [1.82, 2.24) is 0 Å². The molecular formula is C35H48O4. The van der Waals surface area contributed by atoms with Crippen LogP contribution in [0.1, 0.15) is 83.3 Å². The van der Waals surface area contributed by atoms with Crippen LogP contribution in [0.4, 0.5) is 0 Å². The van der Waals surface area contributed by atoms with Crippen molar-refractivity contribution in [2.45, 2.75) is 91.3 Å². The third kappa shape index (κ3) is 8.58. The van der Waals surface area contributed by atoms with E-state index in [2.05, 4.69) is 45.0 Å². The molecule has 0 N–H and O–H groups in total. The molecule has 39 heavy (non-hydrogen) atoms. The molecule has 3 fully saturated rings. The molecule has 2 aromatic carbocycles. The van der Waals surface area contributed by atoms with Gasteiger partial charge in [0, 0.05) is 24.5 Å². The molecule has 0 aliphatic heterocycles. The molecule has 0 saturated heterocycles. The van der Waals surface area contributed by atoms with Gasteiger partial charge in [0.1, 0.15) is 23.9 Å². The zero-order chi connectivity index (χ0) is 27.2. The van der Waals surface area contributed by atoms with Crippen LogP contribution in [-0.2, 0) is 22.6 Å². The number of ketones is 1. The van der Waals surface area contributed by atoms with Crippen LogP contribution in [0.3, 0.4) is 0 Å². The van der Waals surface area contributed by atoms with E-state index < -0.39 is 0 Å². The maximum absolute atomic E-state index is 12.5. The summed E-state index contributed by atoms with van der Waals surface area (Å²) in [6, 6.07) is 16.9. The van der Waals surface area contributed by atoms with E-state index in [-0.39, 0.29) is 5.92 Å². The van der Waals surface area contributed by atoms with Crippen molar-refractivity contribution in [3.8, 4) is 11.5 Å². The number of carbonyl (C=O) groups excluding carboxylic acids is 1. The molecule has 3 unspecified atom stereocenters. The van der Waals surface area contributed by atoms with Gasteiger partial charge in [0.25, 0.3) is 0 Å². The number of hydrogen-bond acceptors (Lipinski definition) is 4. The van der Waals surface area contributed by atoms with E-state index >= 15 is 0 Å². The normalized spacial score (nSPS) is 23.6. The second-order valence-electron chi connectivity index (χ2n) is 12.8. The average molecular weight is 533 g/mol. The predicted octanol–water partition coefficient (Wildman–Crippen LogP) is 8.06. The Hall–Kier alpha value is -2.33. The number of rotatable bonds is 15. The van der Waals surface area contributed by atoms with Gasteiger partial charge in [0.2, 0.25) is 0 Å². The fraction of sp³-hybridized carbons (Fsp3) is 0.629. The van der Waals surface area contributed by atoms with Gasteiger partial charge in [-0.05, 0) is 105 Å². The minimum Gasteiger partial charge on any atom is -0.493 e. The van der Waals surface area contributed by atoms with E-state index in [1.807, 2.05) is 24.3 Å². The second kappa shape index (κ2) is 13.4. The van der Waals surface area contributed by atoms with Gasteiger partial charge in [-0.15, -0.1) is 0 Å². The van der Waals surface area contributed by atoms with Crippen LogP contribution in [-0.4, -0.2) is 25.1 Å². The van der Waals surface area contributed by atoms with Crippen LogP contribution < -0.4 is 9.47 Å². The Morgan fingerprint density at radius 2 is 1.44 bits per heavy atom. The highest BCUT2D eigenvalue weighted by Gasteiger charge is 2.36. The molecule has 2 aromatic rings. The molecule has 4 heteroatoms. The SMILES string of the molecule is CC(COC1CCC(Cc2ccc(COc3cccc(OCC4CC4)c3)cc2)CC1)C(C)C(C)C(=O)C1CC1. The van der Waals surface area contributed by atoms with Gasteiger partial charge in [-0.1, -0.05) is 51.1 Å². The van der Waals surface area contributed by atoms with Crippen LogP contribution in [0.25, 0.3) is 0 Å². The Bertz CT molecular complexity index is 1050. The lowest BCUT2D eigenvalue weighted by Crippen LogP contribution is -2.30. The zero-order valence-corrected chi connectivity index (χ0v) is 24.3. The summed E-state index contributed by atoms with van der Waals surface area (Å²) in [5.74, 6) is 5.05. The Morgan fingerprint density at radius 1 is 0.795 bits per heavy atom. The van der Waals surface area contributed by atoms with Gasteiger partial charge >= 0.3 is 0 Å². The van der Waals surface area contributed by atoms with E-state index in [1.54, 1.807) is 0 Å². The van der Waals surface area contributed by atoms with Crippen LogP contribution in [0.2, 0.25) is 0 Å². The standard InChI is InChI=1S/C35H48O4/c1-24(25(2)26(3)35(36)31-15-16-31)21-37-32-17-13-28(14-18-32)19-27-7-9-29(10-8-27)22-38-33-5-4-6-34(20-33)39-23-30-11-12-30/h4-10,20,24-26,28,30-32H,11-19,21-23H2,1-3H3. The van der Waals surface area contributed by atoms with Gasteiger partial charge in [-0.2, -0.15) is 0 Å². The summed E-state index contributed by atoms with van der Waals surface area (Å²) in [6.45, 7) is 8.78. The Labute approximate surface area is 235 Å². The minimum atomic E-state index is 0.159. The molecule has 3 aliphatic rings. The van der Waals surface area contributed by atoms with Crippen molar-refractivity contribution in [3.63, 3.8) is 0 Å². The number of Topliss-reactive ketones (excluding diaryl/α,β-unsaturated/α-hetero) is 1. The molecule has 212 valence electrons. The first kappa shape index (κ1) is 28.2. The van der Waals surface area contributed by atoms with Gasteiger partial charge in [-0.25, -0.2) is 0 Å². The molecule has 3 saturated carbocycles. The van der Waals surface area contributed by atoms with Crippen molar-refractivity contribution < 1.29 is 19.0 Å². The molecule has 3 atom stereocenters. The van der Waals surface area contributed by atoms with Crippen molar-refractivity contribution in [2.24, 2.45) is 35.5 Å². The monoisotopic (exact) mass is 532 g/mol. The molecule has 4 nitrogen and oxygen atoms in total. The smallest absolute Gasteiger partial charge is 0.139 e. The maximum Gasteiger partial charge on any atom is 0.139 e. The van der Waals surface area contributed by atoms with E-state index in [9.17, 15) is 4.79 Å². The van der Waals surface area contributed by atoms with Crippen molar-refractivity contribution in [3.05, 3.63) is 59.7 Å². The number of benzene rings is 2. The highest BCUT2D eigenvalue weighted by atomic mass is 16.5. The van der Waals surface area contributed by atoms with E-state index in [4.69, 9.17) is 14.2 Å². The Kier molecular flexibility index (Phi) is 9.66. The Balaban J connectivity index is 0.986. The molecule has 0 bridgehead atoms. The topological polar surface area (TPSA) is 44.8 Å². The first-order valence-corrected chi connectivity index (χ1v) is 15.5. The molecular weight excluding hydrogens is 484 g/mol. The summed E-state index contributed by atoms with van der Waals surface area (Å²) in [5.41, 5.74) is 2.60. The third-order valence-electron chi connectivity index (χ3n) is 9.44. The van der Waals surface area contributed by atoms with Crippen LogP contribution >= 0.6 is 0 Å². The van der Waals surface area contributed by atoms with Gasteiger partial charge in [0.15, 0.2) is 0 Å². The van der Waals surface area contributed by atoms with Crippen molar-refractivity contribution >= 4 is 5.78 Å². The van der Waals surface area contributed by atoms with Crippen LogP contribution in [0, 0.1) is 35.5 Å². The lowest BCUT2D eigenvalue weighted by molar-refractivity contribution is -0.126. The highest BCUT2D eigenvalue weighted by molar-refractivity contribution is 5.85. The fourth-order valence-electron chi connectivity index (χ4n) is 5.86. The summed E-state index contributed by atoms with van der Waals surface area (Å²) in [7, 11) is 0. The van der Waals surface area contributed by atoms with E-state index in [0.29, 0.717) is 36.2 Å². The highest BCUT2D eigenvalue weighted by Crippen LogP contribution is 2.36. The lowest BCUT2D eigenvalue weighted by atomic mass is 9.81. The lowest BCUT2D eigenvalue weighted by Gasteiger charge is -2.31. The van der Waals surface area contributed by atoms with Crippen molar-refractivity contribution in [2.75, 3.05) is 13.2 Å². The number of hydrogen-bond donors (Lipinski definition) is 0. The second-order valence-corrected chi connectivity index (χ2v) is 12.8.